The number of aromatic nitrogens is 8. The second-order valence-electron chi connectivity index (χ2n) is 16.1. The third kappa shape index (κ3) is 8.99. The molecular weight excluding hydrogens is 875 g/mol. The third-order valence-electron chi connectivity index (χ3n) is 12.0. The highest BCUT2D eigenvalue weighted by molar-refractivity contribution is 6.29. The fraction of sp³-hybridized carbons (Fsp3) is 0.476. The molecule has 2 aliphatic heterocycles. The Morgan fingerprint density at radius 2 is 0.984 bits per heavy atom. The van der Waals surface area contributed by atoms with Crippen molar-refractivity contribution >= 4 is 57.2 Å². The fourth-order valence-electron chi connectivity index (χ4n) is 8.74. The van der Waals surface area contributed by atoms with Crippen LogP contribution in [0.3, 0.4) is 0 Å². The summed E-state index contributed by atoms with van der Waals surface area (Å²) >= 11 is 12.4. The normalized spacial score (nSPS) is 30.1. The zero-order valence-corrected chi connectivity index (χ0v) is 35.7. The van der Waals surface area contributed by atoms with Gasteiger partial charge in [0.25, 0.3) is 0 Å². The predicted octanol–water partition coefficient (Wildman–Crippen LogP) is 3.01. The molecule has 0 amide bonds. The van der Waals surface area contributed by atoms with Gasteiger partial charge in [-0.2, -0.15) is 19.9 Å². The number of hydrogen-bond donors (Lipinski definition) is 8. The molecule has 0 radical (unpaired) electrons. The Labute approximate surface area is 375 Å². The number of benzene rings is 2. The second-order valence-corrected chi connectivity index (χ2v) is 16.8. The van der Waals surface area contributed by atoms with Gasteiger partial charge in [-0.3, -0.25) is 9.13 Å². The van der Waals surface area contributed by atoms with Crippen LogP contribution in [0, 0.1) is 0 Å². The van der Waals surface area contributed by atoms with E-state index in [0.717, 1.165) is 50.0 Å². The molecule has 2 saturated heterocycles. The van der Waals surface area contributed by atoms with Crippen LogP contribution in [0.5, 0.6) is 11.5 Å². The molecule has 2 aliphatic carbocycles. The fourth-order valence-corrected chi connectivity index (χ4v) is 9.07. The summed E-state index contributed by atoms with van der Waals surface area (Å²) in [5.74, 6) is 2.54. The summed E-state index contributed by atoms with van der Waals surface area (Å²) in [4.78, 5) is 26.0. The summed E-state index contributed by atoms with van der Waals surface area (Å²) < 4.78 is 26.5. The first-order valence-corrected chi connectivity index (χ1v) is 21.9. The van der Waals surface area contributed by atoms with E-state index >= 15 is 0 Å². The Kier molecular flexibility index (Phi) is 13.3. The molecule has 340 valence electrons. The number of nitrogens with one attached hydrogen (secondary N) is 2. The van der Waals surface area contributed by atoms with Crippen LogP contribution in [0.2, 0.25) is 10.6 Å². The summed E-state index contributed by atoms with van der Waals surface area (Å²) in [6.07, 6.45) is -0.258. The number of halogens is 2. The molecule has 64 heavy (non-hydrogen) atoms. The van der Waals surface area contributed by atoms with Crippen molar-refractivity contribution in [2.75, 3.05) is 23.8 Å². The van der Waals surface area contributed by atoms with Crippen molar-refractivity contribution in [2.24, 2.45) is 0 Å². The van der Waals surface area contributed by atoms with E-state index in [1.54, 1.807) is 0 Å². The predicted molar refractivity (Wildman–Crippen MR) is 231 cm³/mol. The molecule has 8 N–H and O–H groups in total. The van der Waals surface area contributed by atoms with Crippen LogP contribution in [-0.4, -0.2) is 144 Å². The second kappa shape index (κ2) is 19.2. The summed E-state index contributed by atoms with van der Waals surface area (Å²) in [7, 11) is 0. The zero-order valence-electron chi connectivity index (χ0n) is 34.2. The topological polar surface area (TPSA) is 270 Å². The van der Waals surface area contributed by atoms with Crippen LogP contribution in [0.25, 0.3) is 22.3 Å². The van der Waals surface area contributed by atoms with E-state index in [1.165, 1.54) is 21.8 Å². The van der Waals surface area contributed by atoms with Gasteiger partial charge in [0.1, 0.15) is 60.3 Å². The monoisotopic (exact) mass is 922 g/mol. The molecule has 4 aliphatic rings. The first kappa shape index (κ1) is 44.2. The molecular formula is C42H48Cl2N10O10. The zero-order chi connectivity index (χ0) is 44.5. The molecule has 4 aromatic heterocycles. The number of fused-ring (bicyclic) bond motifs is 2. The lowest BCUT2D eigenvalue weighted by Crippen LogP contribution is -2.33. The van der Waals surface area contributed by atoms with Crippen LogP contribution in [0.1, 0.15) is 51.0 Å². The molecule has 0 unspecified atom stereocenters. The third-order valence-corrected chi connectivity index (χ3v) is 12.3. The first-order chi connectivity index (χ1) is 31.1. The Balaban J connectivity index is 0.000000162. The molecule has 20 nitrogen and oxygen atoms in total. The molecule has 10 rings (SSSR count). The van der Waals surface area contributed by atoms with Gasteiger partial charge in [-0.1, -0.05) is 36.4 Å². The smallest absolute Gasteiger partial charge is 0.226 e. The average Bonchev–Trinajstić information content (AvgIpc) is 4.18. The van der Waals surface area contributed by atoms with Crippen LogP contribution >= 0.6 is 23.2 Å². The van der Waals surface area contributed by atoms with E-state index in [-0.39, 0.29) is 34.9 Å². The number of anilines is 2. The number of rotatable bonds is 12. The number of nitrogens with zero attached hydrogens (tertiary/aromatic N) is 8. The molecule has 0 spiro atoms. The van der Waals surface area contributed by atoms with Crippen molar-refractivity contribution < 1.29 is 49.6 Å². The van der Waals surface area contributed by atoms with Crippen LogP contribution in [0.4, 0.5) is 11.6 Å². The molecule has 6 aromatic rings. The molecule has 2 saturated carbocycles. The first-order valence-electron chi connectivity index (χ1n) is 21.1. The van der Waals surface area contributed by atoms with Crippen molar-refractivity contribution in [2.45, 2.75) is 112 Å². The Bertz CT molecular complexity index is 2340. The van der Waals surface area contributed by atoms with E-state index in [1.807, 2.05) is 60.7 Å². The molecule has 6 heterocycles. The van der Waals surface area contributed by atoms with Crippen molar-refractivity contribution in [1.82, 2.24) is 39.0 Å². The summed E-state index contributed by atoms with van der Waals surface area (Å²) in [6, 6.07) is 19.4. The van der Waals surface area contributed by atoms with Crippen LogP contribution < -0.4 is 20.1 Å². The van der Waals surface area contributed by atoms with E-state index in [9.17, 15) is 30.6 Å². The average molecular weight is 924 g/mol. The van der Waals surface area contributed by atoms with Gasteiger partial charge in [-0.25, -0.2) is 9.97 Å². The lowest BCUT2D eigenvalue weighted by atomic mass is 10.1. The van der Waals surface area contributed by atoms with Gasteiger partial charge >= 0.3 is 0 Å². The lowest BCUT2D eigenvalue weighted by molar-refractivity contribution is -0.0511. The van der Waals surface area contributed by atoms with Crippen LogP contribution in [-0.2, 0) is 9.47 Å². The highest BCUT2D eigenvalue weighted by atomic mass is 35.5. The van der Waals surface area contributed by atoms with Gasteiger partial charge in [-0.15, -0.1) is 0 Å². The Morgan fingerprint density at radius 3 is 1.36 bits per heavy atom. The maximum absolute atomic E-state index is 10.4. The highest BCUT2D eigenvalue weighted by Gasteiger charge is 2.45. The Hall–Kier alpha value is -5.00. The number of hydrogen-bond acceptors (Lipinski definition) is 18. The SMILES string of the molecule is OC[C@H]1O[C@@H](n2cnc3c(N[C@@H]4CCC[C@@H]4Oc4ccccc4)nc(Cl)nc32)[C@H](O)[C@@H]1O.OC[C@H]1O[C@@H](n2cnc3c(N[C@@H]4CCC[C@H]4Oc4ccccc4)nc(Cl)nc32)[C@H](O)[C@@H]1O. The lowest BCUT2D eigenvalue weighted by Gasteiger charge is -2.23. The largest absolute Gasteiger partial charge is 0.488 e. The molecule has 4 fully saturated rings. The molecule has 22 heteroatoms. The number of aliphatic hydroxyl groups is 6. The minimum absolute atomic E-state index is 0.00318. The molecule has 12 atom stereocenters. The Morgan fingerprint density at radius 1 is 0.578 bits per heavy atom. The summed E-state index contributed by atoms with van der Waals surface area (Å²) in [5.41, 5.74) is 1.61. The summed E-state index contributed by atoms with van der Waals surface area (Å²) in [6.45, 7) is -0.844. The van der Waals surface area contributed by atoms with Crippen molar-refractivity contribution in [1.29, 1.82) is 0 Å². The van der Waals surface area contributed by atoms with Gasteiger partial charge in [0.15, 0.2) is 46.4 Å². The van der Waals surface area contributed by atoms with E-state index in [4.69, 9.17) is 42.1 Å². The quantitative estimate of drug-likeness (QED) is 0.0820. The van der Waals surface area contributed by atoms with Gasteiger partial charge in [-0.05, 0) is 86.0 Å². The number of aliphatic hydroxyl groups excluding tert-OH is 6. The van der Waals surface area contributed by atoms with Crippen molar-refractivity contribution in [3.63, 3.8) is 0 Å². The van der Waals surface area contributed by atoms with Gasteiger partial charge in [0, 0.05) is 0 Å². The number of para-hydroxylation sites is 2. The maximum Gasteiger partial charge on any atom is 0.226 e. The van der Waals surface area contributed by atoms with E-state index in [2.05, 4.69) is 40.5 Å². The standard InChI is InChI=1S/2C21H24ClN5O5/c2*22-21-25-18(24-12-7-4-8-13(12)31-11-5-2-1-3-6-11)15-19(26-21)27(10-23-15)20-17(30)16(29)14(9-28)32-20/h2*1-3,5-6,10,12-14,16-17,20,28-30H,4,7-9H2,(H,24,25,26)/t12-,13+,14-,16-,17-,20-;12-,13-,14-,16-,17-,20-/m11/s1. The van der Waals surface area contributed by atoms with Crippen molar-refractivity contribution in [3.05, 3.63) is 83.9 Å². The van der Waals surface area contributed by atoms with Crippen LogP contribution in [0.15, 0.2) is 73.3 Å². The highest BCUT2D eigenvalue weighted by Crippen LogP contribution is 2.36. The molecule has 2 aromatic carbocycles. The van der Waals surface area contributed by atoms with Crippen molar-refractivity contribution in [3.8, 4) is 11.5 Å². The number of imidazole rings is 2. The summed E-state index contributed by atoms with van der Waals surface area (Å²) in [5, 5.41) is 66.5. The maximum atomic E-state index is 10.4. The number of ether oxygens (including phenoxy) is 4. The molecule has 0 bridgehead atoms. The minimum atomic E-state index is -1.26. The van der Waals surface area contributed by atoms with E-state index < -0.39 is 62.3 Å². The van der Waals surface area contributed by atoms with Gasteiger partial charge in [0.05, 0.1) is 38.0 Å². The van der Waals surface area contributed by atoms with E-state index in [0.29, 0.717) is 34.0 Å². The minimum Gasteiger partial charge on any atom is -0.488 e. The van der Waals surface area contributed by atoms with Gasteiger partial charge < -0.3 is 60.2 Å². The van der Waals surface area contributed by atoms with Gasteiger partial charge in [0.2, 0.25) is 10.6 Å².